The number of hydrogen-bond acceptors (Lipinski definition) is 3. The number of hydrogen-bond donors (Lipinski definition) is 2. The van der Waals surface area contributed by atoms with Gasteiger partial charge in [-0.1, -0.05) is 6.92 Å². The van der Waals surface area contributed by atoms with Crippen molar-refractivity contribution >= 4 is 35.6 Å². The molecule has 4 rings (SSSR count). The van der Waals surface area contributed by atoms with Crippen LogP contribution < -0.4 is 10.6 Å². The first-order chi connectivity index (χ1) is 12.6. The van der Waals surface area contributed by atoms with Gasteiger partial charge in [0.15, 0.2) is 5.96 Å². The van der Waals surface area contributed by atoms with Crippen LogP contribution in [0, 0.1) is 12.8 Å². The number of pyridine rings is 1. The molecule has 2 unspecified atom stereocenters. The van der Waals surface area contributed by atoms with Crippen LogP contribution >= 0.6 is 24.0 Å². The van der Waals surface area contributed by atoms with Crippen molar-refractivity contribution in [2.75, 3.05) is 19.6 Å². The van der Waals surface area contributed by atoms with Gasteiger partial charge in [-0.3, -0.25) is 4.90 Å². The topological polar surface area (TPSA) is 57.0 Å². The molecule has 27 heavy (non-hydrogen) atoms. The molecule has 0 amide bonds. The molecule has 2 N–H and O–H groups in total. The number of aromatic nitrogens is 2. The Morgan fingerprint density at radius 2 is 2.15 bits per heavy atom. The van der Waals surface area contributed by atoms with E-state index in [1.54, 1.807) is 0 Å². The molecular weight excluding hydrogens is 451 g/mol. The molecule has 2 aromatic rings. The summed E-state index contributed by atoms with van der Waals surface area (Å²) in [6, 6.07) is 5.51. The standard InChI is InChI=1S/C20H30N6.HI/c1-4-21-20(24-18-13-26(11-15(18)3)17-5-6-17)22-10-16-12-25-8-7-14(2)9-19(25)23-16;/h7-9,12,15,17-18H,4-6,10-11,13H2,1-3H3,(H2,21,22,24);1H. The molecule has 2 aliphatic rings. The average Bonchev–Trinajstić information content (AvgIpc) is 3.29. The number of nitrogens with one attached hydrogen (secondary N) is 2. The molecule has 148 valence electrons. The summed E-state index contributed by atoms with van der Waals surface area (Å²) < 4.78 is 2.06. The lowest BCUT2D eigenvalue weighted by Crippen LogP contribution is -2.46. The van der Waals surface area contributed by atoms with Crippen LogP contribution in [0.15, 0.2) is 29.5 Å². The highest BCUT2D eigenvalue weighted by molar-refractivity contribution is 14.0. The van der Waals surface area contributed by atoms with Crippen LogP contribution in [-0.4, -0.2) is 52.0 Å². The number of halogens is 1. The summed E-state index contributed by atoms with van der Waals surface area (Å²) in [6.07, 6.45) is 6.87. The molecule has 3 heterocycles. The third-order valence-corrected chi connectivity index (χ3v) is 5.43. The molecule has 1 aliphatic heterocycles. The van der Waals surface area contributed by atoms with Crippen molar-refractivity contribution < 1.29 is 0 Å². The van der Waals surface area contributed by atoms with Crippen LogP contribution in [0.25, 0.3) is 5.65 Å². The molecule has 2 aromatic heterocycles. The second kappa shape index (κ2) is 8.77. The van der Waals surface area contributed by atoms with Crippen molar-refractivity contribution in [3.05, 3.63) is 35.8 Å². The Hall–Kier alpha value is -1.35. The number of aryl methyl sites for hydroxylation is 1. The van der Waals surface area contributed by atoms with Gasteiger partial charge in [0, 0.05) is 44.1 Å². The van der Waals surface area contributed by atoms with Gasteiger partial charge < -0.3 is 15.0 Å². The maximum absolute atomic E-state index is 4.78. The van der Waals surface area contributed by atoms with Crippen molar-refractivity contribution in [1.29, 1.82) is 0 Å². The first-order valence-corrected chi connectivity index (χ1v) is 9.85. The highest BCUT2D eigenvalue weighted by Crippen LogP contribution is 2.31. The SMILES string of the molecule is CCNC(=NCc1cn2ccc(C)cc2n1)NC1CN(C2CC2)CC1C.I. The first-order valence-electron chi connectivity index (χ1n) is 9.85. The van der Waals surface area contributed by atoms with Gasteiger partial charge in [-0.25, -0.2) is 9.98 Å². The van der Waals surface area contributed by atoms with Crippen LogP contribution in [-0.2, 0) is 6.54 Å². The fourth-order valence-electron chi connectivity index (χ4n) is 3.80. The Morgan fingerprint density at radius 1 is 1.33 bits per heavy atom. The number of guanidine groups is 1. The van der Waals surface area contributed by atoms with Gasteiger partial charge in [-0.05, 0) is 50.3 Å². The summed E-state index contributed by atoms with van der Waals surface area (Å²) >= 11 is 0. The minimum Gasteiger partial charge on any atom is -0.357 e. The van der Waals surface area contributed by atoms with E-state index in [1.165, 1.54) is 24.9 Å². The van der Waals surface area contributed by atoms with Gasteiger partial charge in [0.05, 0.1) is 12.2 Å². The van der Waals surface area contributed by atoms with E-state index in [1.807, 2.05) is 0 Å². The number of aliphatic imine (C=N–C) groups is 1. The summed E-state index contributed by atoms with van der Waals surface area (Å²) in [7, 11) is 0. The maximum atomic E-state index is 4.78. The quantitative estimate of drug-likeness (QED) is 0.391. The number of likely N-dealkylation sites (tertiary alicyclic amines) is 1. The van der Waals surface area contributed by atoms with Crippen LogP contribution in [0.4, 0.5) is 0 Å². The molecule has 0 radical (unpaired) electrons. The molecule has 1 saturated carbocycles. The lowest BCUT2D eigenvalue weighted by molar-refractivity contribution is 0.315. The number of rotatable bonds is 5. The minimum atomic E-state index is 0. The molecule has 0 bridgehead atoms. The van der Waals surface area contributed by atoms with Crippen molar-refractivity contribution in [3.8, 4) is 0 Å². The second-order valence-corrected chi connectivity index (χ2v) is 7.81. The molecule has 1 aliphatic carbocycles. The fourth-order valence-corrected chi connectivity index (χ4v) is 3.80. The maximum Gasteiger partial charge on any atom is 0.191 e. The molecule has 7 heteroatoms. The van der Waals surface area contributed by atoms with Crippen molar-refractivity contribution in [3.63, 3.8) is 0 Å². The van der Waals surface area contributed by atoms with Crippen molar-refractivity contribution in [2.45, 2.75) is 52.2 Å². The van der Waals surface area contributed by atoms with Crippen LogP contribution in [0.3, 0.4) is 0 Å². The molecule has 0 spiro atoms. The molecule has 6 nitrogen and oxygen atoms in total. The molecular formula is C20H31IN6. The third-order valence-electron chi connectivity index (χ3n) is 5.43. The minimum absolute atomic E-state index is 0. The molecule has 2 atom stereocenters. The summed E-state index contributed by atoms with van der Waals surface area (Å²) in [4.78, 5) is 12.1. The van der Waals surface area contributed by atoms with E-state index in [9.17, 15) is 0 Å². The Morgan fingerprint density at radius 3 is 2.89 bits per heavy atom. The van der Waals surface area contributed by atoms with Gasteiger partial charge in [0.2, 0.25) is 0 Å². The van der Waals surface area contributed by atoms with Gasteiger partial charge in [0.25, 0.3) is 0 Å². The predicted molar refractivity (Wildman–Crippen MR) is 121 cm³/mol. The van der Waals surface area contributed by atoms with Crippen molar-refractivity contribution in [2.24, 2.45) is 10.9 Å². The predicted octanol–water partition coefficient (Wildman–Crippen LogP) is 2.80. The number of fused-ring (bicyclic) bond motifs is 1. The van der Waals surface area contributed by atoms with Crippen LogP contribution in [0.1, 0.15) is 37.9 Å². The van der Waals surface area contributed by atoms with E-state index in [0.29, 0.717) is 18.5 Å². The normalized spacial score (nSPS) is 23.4. The zero-order valence-electron chi connectivity index (χ0n) is 16.5. The van der Waals surface area contributed by atoms with Crippen LogP contribution in [0.2, 0.25) is 0 Å². The summed E-state index contributed by atoms with van der Waals surface area (Å²) in [5, 5.41) is 7.04. The summed E-state index contributed by atoms with van der Waals surface area (Å²) in [5.41, 5.74) is 3.20. The smallest absolute Gasteiger partial charge is 0.191 e. The molecule has 2 fully saturated rings. The van der Waals surface area contributed by atoms with Crippen LogP contribution in [0.5, 0.6) is 0 Å². The lowest BCUT2D eigenvalue weighted by atomic mass is 10.1. The van der Waals surface area contributed by atoms with Gasteiger partial charge in [0.1, 0.15) is 5.65 Å². The Kier molecular flexibility index (Phi) is 6.62. The average molecular weight is 482 g/mol. The Balaban J connectivity index is 0.00000210. The summed E-state index contributed by atoms with van der Waals surface area (Å²) in [5.74, 6) is 1.55. The highest BCUT2D eigenvalue weighted by atomic mass is 127. The van der Waals surface area contributed by atoms with E-state index >= 15 is 0 Å². The second-order valence-electron chi connectivity index (χ2n) is 7.81. The van der Waals surface area contributed by atoms with Gasteiger partial charge >= 0.3 is 0 Å². The largest absolute Gasteiger partial charge is 0.357 e. The van der Waals surface area contributed by atoms with E-state index in [-0.39, 0.29) is 24.0 Å². The van der Waals surface area contributed by atoms with Crippen molar-refractivity contribution in [1.82, 2.24) is 24.9 Å². The molecule has 0 aromatic carbocycles. The zero-order chi connectivity index (χ0) is 18.1. The molecule has 1 saturated heterocycles. The Bertz CT molecular complexity index is 797. The zero-order valence-corrected chi connectivity index (χ0v) is 18.8. The van der Waals surface area contributed by atoms with E-state index in [4.69, 9.17) is 4.99 Å². The monoisotopic (exact) mass is 482 g/mol. The van der Waals surface area contributed by atoms with Gasteiger partial charge in [-0.2, -0.15) is 0 Å². The third kappa shape index (κ3) is 4.93. The lowest BCUT2D eigenvalue weighted by Gasteiger charge is -2.20. The van der Waals surface area contributed by atoms with E-state index in [0.717, 1.165) is 36.4 Å². The fraction of sp³-hybridized carbons (Fsp3) is 0.600. The van der Waals surface area contributed by atoms with E-state index in [2.05, 4.69) is 70.2 Å². The Labute approximate surface area is 178 Å². The first kappa shape index (κ1) is 20.4. The van der Waals surface area contributed by atoms with Gasteiger partial charge in [-0.15, -0.1) is 24.0 Å². The summed E-state index contributed by atoms with van der Waals surface area (Å²) in [6.45, 7) is 10.3. The number of imidazole rings is 1. The number of nitrogens with zero attached hydrogens (tertiary/aromatic N) is 4. The van der Waals surface area contributed by atoms with E-state index < -0.39 is 0 Å². The highest BCUT2D eigenvalue weighted by Gasteiger charge is 2.38.